The largest absolute Gasteiger partial charge is 0.461 e. The van der Waals surface area contributed by atoms with Crippen molar-refractivity contribution in [2.75, 3.05) is 149 Å². The van der Waals surface area contributed by atoms with Gasteiger partial charge in [-0.1, -0.05) is 108 Å². The third kappa shape index (κ3) is 40.0. The van der Waals surface area contributed by atoms with E-state index in [4.69, 9.17) is 64.8 Å². The van der Waals surface area contributed by atoms with Crippen LogP contribution < -0.4 is 75.7 Å². The average Bonchev–Trinajstić information content (AvgIpc) is 0.768. The van der Waals surface area contributed by atoms with Crippen molar-refractivity contribution in [3.05, 3.63) is 106 Å². The Morgan fingerprint density at radius 3 is 1.78 bits per heavy atom. The van der Waals surface area contributed by atoms with Crippen LogP contribution in [0.15, 0.2) is 84.2 Å². The quantitative estimate of drug-likeness (QED) is 0.0135. The van der Waals surface area contributed by atoms with Gasteiger partial charge in [-0.15, -0.1) is 0 Å². The van der Waals surface area contributed by atoms with Gasteiger partial charge in [0, 0.05) is 92.9 Å². The summed E-state index contributed by atoms with van der Waals surface area (Å²) in [6.45, 7) is 20.2. The minimum absolute atomic E-state index is 0.00277. The van der Waals surface area contributed by atoms with E-state index >= 15 is 0 Å². The Hall–Kier alpha value is -8.87. The standard InChI is InChI=1S/C84H134N14O19/c1-8-9-39-108-43-47-112-51-53-114-49-45-110-41-37-88-68-24-11-10-12-27-72(80(68)97-87)116-58-75(102)89-35-18-17-25-69(82(105)95-77(59(2)3)71(99)55-63(21-19-36-91-84(85)107)81(104)93-65-30-28-62(29-31-65)57-117-83(106)60(4)5)94-74(101)34-40-109-44-48-113-52-54-115-50-46-111-42-38-90-73(100)32-33-76(103)98-56-64-20-13-14-22-66(64)78(92-61(6)7)79(96-86)67-23-15-16-26-70(67)98/h13-16,20,22-23,26,28-31,59-61,63,69,72,77,88,92,96-97H,8-12,17-19,21,24-25,27,32-58,86-87H2,1-7H3,(H,89,102)(H,90,100)(H,93,104)(H,94,101)(H,95,105)(H3,85,91,107)/b79-78-,80-68-/t63-,69-,72?,77+/m1/s1. The van der Waals surface area contributed by atoms with Gasteiger partial charge in [0.15, 0.2) is 5.78 Å². The molecule has 0 spiro atoms. The van der Waals surface area contributed by atoms with Crippen molar-refractivity contribution in [1.29, 1.82) is 0 Å². The molecule has 3 aromatic carbocycles. The fourth-order valence-corrected chi connectivity index (χ4v) is 12.7. The van der Waals surface area contributed by atoms with Gasteiger partial charge in [0.1, 0.15) is 25.4 Å². The number of primary amides is 1. The smallest absolute Gasteiger partial charge is 0.312 e. The number of fused-ring (bicyclic) bond motifs is 2. The van der Waals surface area contributed by atoms with Gasteiger partial charge >= 0.3 is 12.0 Å². The van der Waals surface area contributed by atoms with Gasteiger partial charge in [0.25, 0.3) is 0 Å². The third-order valence-electron chi connectivity index (χ3n) is 19.0. The molecule has 1 unspecified atom stereocenters. The number of ketones is 1. The summed E-state index contributed by atoms with van der Waals surface area (Å²) >= 11 is 0. The van der Waals surface area contributed by atoms with Crippen LogP contribution in [0.1, 0.15) is 173 Å². The number of hydrazine groups is 2. The molecule has 5 rings (SSSR count). The minimum Gasteiger partial charge on any atom is -0.461 e. The molecule has 33 heteroatoms. The molecular weight excluding hydrogens is 1510 g/mol. The van der Waals surface area contributed by atoms with Gasteiger partial charge in [-0.3, -0.25) is 50.0 Å². The first-order chi connectivity index (χ1) is 56.6. The first kappa shape index (κ1) is 98.7. The van der Waals surface area contributed by atoms with Crippen molar-refractivity contribution in [3.63, 3.8) is 0 Å². The number of para-hydroxylation sites is 1. The van der Waals surface area contributed by atoms with Gasteiger partial charge in [0.05, 0.1) is 140 Å². The predicted octanol–water partition coefficient (Wildman–Crippen LogP) is 5.93. The van der Waals surface area contributed by atoms with Gasteiger partial charge in [-0.25, -0.2) is 4.79 Å². The SMILES string of the molecule is CCCCOCCOCCOCCOCCN/C1=C(\NN)C(OCC(=O)NCCCC[C@@H](NC(=O)CCOCCOCCOCCOCCNC(=O)CCC(=O)N2Cc3ccccc3/C(NC(C)C)=C(/NN)c3ccccc32)C(=O)N[C@H](C(=O)C[C@@H](CCCNC(N)=O)C(=O)Nc2ccc(COC(=O)C(C)C)cc2)C(C)C)CCCCC1. The summed E-state index contributed by atoms with van der Waals surface area (Å²) in [6.07, 6.45) is 6.77. The molecule has 0 bridgehead atoms. The molecule has 654 valence electrons. The summed E-state index contributed by atoms with van der Waals surface area (Å²) in [5.74, 6) is 7.38. The lowest BCUT2D eigenvalue weighted by atomic mass is 9.89. The topological polar surface area (TPSA) is 448 Å². The van der Waals surface area contributed by atoms with E-state index in [0.29, 0.717) is 113 Å². The summed E-state index contributed by atoms with van der Waals surface area (Å²) in [5, 5.41) is 23.8. The number of anilines is 2. The fraction of sp³-hybridized carbons (Fsp3) is 0.631. The second-order valence-electron chi connectivity index (χ2n) is 29.5. The molecule has 1 aliphatic heterocycles. The molecule has 0 radical (unpaired) electrons. The number of rotatable bonds is 62. The number of Topliss-reactive ketones (excluding diaryl/α,β-unsaturated/α-hetero) is 1. The van der Waals surface area contributed by atoms with E-state index in [2.05, 4.69) is 60.3 Å². The van der Waals surface area contributed by atoms with Crippen LogP contribution in [0.5, 0.6) is 0 Å². The Bertz CT molecular complexity index is 3510. The molecule has 8 amide bonds. The number of unbranched alkanes of at least 4 members (excludes halogenated alkanes) is 2. The highest BCUT2D eigenvalue weighted by Crippen LogP contribution is 2.36. The van der Waals surface area contributed by atoms with Crippen LogP contribution in [-0.2, 0) is 98.9 Å². The number of amides is 8. The average molecular weight is 1640 g/mol. The number of hydrogen-bond donors (Lipinski definition) is 13. The van der Waals surface area contributed by atoms with Crippen molar-refractivity contribution in [2.24, 2.45) is 35.2 Å². The third-order valence-corrected chi connectivity index (χ3v) is 19.0. The molecule has 0 saturated carbocycles. The number of nitrogens with two attached hydrogens (primary N) is 3. The molecule has 0 fully saturated rings. The highest BCUT2D eigenvalue weighted by Gasteiger charge is 2.33. The van der Waals surface area contributed by atoms with Crippen LogP contribution in [0.4, 0.5) is 16.2 Å². The Balaban J connectivity index is 1.06. The van der Waals surface area contributed by atoms with Crippen LogP contribution in [0.25, 0.3) is 11.4 Å². The lowest BCUT2D eigenvalue weighted by molar-refractivity contribution is -0.148. The van der Waals surface area contributed by atoms with Crippen LogP contribution in [0.2, 0.25) is 0 Å². The van der Waals surface area contributed by atoms with Crippen molar-refractivity contribution in [1.82, 2.24) is 48.1 Å². The maximum Gasteiger partial charge on any atom is 0.312 e. The number of urea groups is 1. The lowest BCUT2D eigenvalue weighted by Gasteiger charge is -2.31. The number of carbonyl (C=O) groups excluding carboxylic acids is 9. The van der Waals surface area contributed by atoms with E-state index in [-0.39, 0.29) is 160 Å². The monoisotopic (exact) mass is 1640 g/mol. The summed E-state index contributed by atoms with van der Waals surface area (Å²) in [5.41, 5.74) is 18.5. The molecule has 0 saturated heterocycles. The van der Waals surface area contributed by atoms with Crippen LogP contribution in [-0.4, -0.2) is 216 Å². The van der Waals surface area contributed by atoms with E-state index < -0.39 is 59.6 Å². The van der Waals surface area contributed by atoms with E-state index in [1.807, 2.05) is 62.4 Å². The predicted molar refractivity (Wildman–Crippen MR) is 445 cm³/mol. The molecule has 0 aromatic heterocycles. The molecule has 117 heavy (non-hydrogen) atoms. The molecule has 33 nitrogen and oxygen atoms in total. The summed E-state index contributed by atoms with van der Waals surface area (Å²) in [7, 11) is 0. The number of esters is 1. The van der Waals surface area contributed by atoms with Gasteiger partial charge in [-0.2, -0.15) is 0 Å². The van der Waals surface area contributed by atoms with Crippen LogP contribution in [0.3, 0.4) is 0 Å². The maximum atomic E-state index is 14.4. The van der Waals surface area contributed by atoms with Gasteiger partial charge in [-0.05, 0) is 107 Å². The summed E-state index contributed by atoms with van der Waals surface area (Å²) in [4.78, 5) is 122. The van der Waals surface area contributed by atoms with E-state index in [1.54, 1.807) is 56.9 Å². The van der Waals surface area contributed by atoms with Crippen molar-refractivity contribution in [2.45, 2.75) is 189 Å². The number of carbonyl (C=O) groups is 9. The summed E-state index contributed by atoms with van der Waals surface area (Å²) in [6, 6.07) is 19.3. The minimum atomic E-state index is -1.12. The van der Waals surface area contributed by atoms with Crippen molar-refractivity contribution >= 4 is 76.0 Å². The Morgan fingerprint density at radius 2 is 1.15 bits per heavy atom. The van der Waals surface area contributed by atoms with E-state index in [9.17, 15) is 43.2 Å². The Morgan fingerprint density at radius 1 is 0.547 bits per heavy atom. The second-order valence-corrected chi connectivity index (χ2v) is 29.5. The highest BCUT2D eigenvalue weighted by molar-refractivity contribution is 6.02. The molecular formula is C84H134N14O19. The number of hydrogen-bond acceptors (Lipinski definition) is 25. The maximum absolute atomic E-state index is 14.4. The molecule has 16 N–H and O–H groups in total. The van der Waals surface area contributed by atoms with Gasteiger partial charge in [0.2, 0.25) is 35.4 Å². The van der Waals surface area contributed by atoms with E-state index in [1.165, 1.54) is 0 Å². The molecule has 1 heterocycles. The second kappa shape index (κ2) is 58.9. The number of allylic oxidation sites excluding steroid dienone is 1. The Kier molecular flexibility index (Phi) is 49.7. The number of benzene rings is 3. The highest BCUT2D eigenvalue weighted by atomic mass is 16.6. The van der Waals surface area contributed by atoms with Gasteiger partial charge < -0.3 is 111 Å². The number of ether oxygens (including phenoxy) is 10. The molecule has 1 aliphatic carbocycles. The lowest BCUT2D eigenvalue weighted by Crippen LogP contribution is -2.53. The number of nitrogens with zero attached hydrogens (tertiary/aromatic N) is 1. The van der Waals surface area contributed by atoms with E-state index in [0.717, 1.165) is 73.2 Å². The fourth-order valence-electron chi connectivity index (χ4n) is 12.7. The summed E-state index contributed by atoms with van der Waals surface area (Å²) < 4.78 is 56.7. The Labute approximate surface area is 690 Å². The zero-order chi connectivity index (χ0) is 84.8. The van der Waals surface area contributed by atoms with Crippen molar-refractivity contribution in [3.8, 4) is 0 Å². The molecule has 4 atom stereocenters. The number of nitrogens with one attached hydrogen (secondary N) is 10. The van der Waals surface area contributed by atoms with Crippen LogP contribution in [0, 0.1) is 17.8 Å². The normalized spacial score (nSPS) is 15.6. The first-order valence-electron chi connectivity index (χ1n) is 41.5. The molecule has 2 aliphatic rings. The zero-order valence-corrected chi connectivity index (χ0v) is 70.0. The van der Waals surface area contributed by atoms with Crippen LogP contribution >= 0.6 is 0 Å². The first-order valence-corrected chi connectivity index (χ1v) is 41.5. The molecule has 3 aromatic rings. The zero-order valence-electron chi connectivity index (χ0n) is 70.0. The van der Waals surface area contributed by atoms with Crippen molar-refractivity contribution < 1.29 is 90.5 Å².